The number of amides is 3. The van der Waals surface area contributed by atoms with Gasteiger partial charge in [-0.2, -0.15) is 0 Å². The summed E-state index contributed by atoms with van der Waals surface area (Å²) in [7, 11) is 0. The van der Waals surface area contributed by atoms with E-state index in [0.717, 1.165) is 32.4 Å². The van der Waals surface area contributed by atoms with Crippen LogP contribution in [-0.2, 0) is 9.59 Å². The van der Waals surface area contributed by atoms with Gasteiger partial charge < -0.3 is 20.6 Å². The highest BCUT2D eigenvalue weighted by atomic mass is 16.4. The smallest absolute Gasteiger partial charge is 0.326 e. The first kappa shape index (κ1) is 17.3. The molecule has 3 N–H and O–H groups in total. The monoisotopic (exact) mass is 299 g/mol. The van der Waals surface area contributed by atoms with Gasteiger partial charge in [0.05, 0.1) is 6.54 Å². The highest BCUT2D eigenvalue weighted by Crippen LogP contribution is 2.09. The van der Waals surface area contributed by atoms with Crippen LogP contribution in [0, 0.1) is 5.92 Å². The van der Waals surface area contributed by atoms with Crippen LogP contribution in [-0.4, -0.2) is 53.6 Å². The van der Waals surface area contributed by atoms with Crippen LogP contribution in [0.5, 0.6) is 0 Å². The zero-order chi connectivity index (χ0) is 15.8. The molecule has 120 valence electrons. The normalized spacial score (nSPS) is 17.7. The predicted octanol–water partition coefficient (Wildman–Crippen LogP) is 0.797. The Labute approximate surface area is 125 Å². The van der Waals surface area contributed by atoms with Gasteiger partial charge in [0.1, 0.15) is 6.04 Å². The van der Waals surface area contributed by atoms with Crippen molar-refractivity contribution >= 4 is 17.9 Å². The molecular weight excluding hydrogens is 274 g/mol. The fourth-order valence-corrected chi connectivity index (χ4v) is 2.29. The molecule has 0 unspecified atom stereocenters. The second kappa shape index (κ2) is 8.49. The molecule has 1 aliphatic heterocycles. The van der Waals surface area contributed by atoms with Crippen molar-refractivity contribution in [3.05, 3.63) is 0 Å². The number of piperidine rings is 1. The highest BCUT2D eigenvalue weighted by molar-refractivity contribution is 5.86. The van der Waals surface area contributed by atoms with E-state index in [2.05, 4.69) is 10.6 Å². The van der Waals surface area contributed by atoms with Crippen molar-refractivity contribution in [2.24, 2.45) is 5.92 Å². The fourth-order valence-electron chi connectivity index (χ4n) is 2.29. The van der Waals surface area contributed by atoms with Crippen molar-refractivity contribution in [1.82, 2.24) is 15.5 Å². The second-order valence-electron chi connectivity index (χ2n) is 5.47. The Morgan fingerprint density at radius 2 is 1.81 bits per heavy atom. The zero-order valence-corrected chi connectivity index (χ0v) is 12.7. The number of hydrogen-bond donors (Lipinski definition) is 3. The number of aliphatic carboxylic acids is 1. The summed E-state index contributed by atoms with van der Waals surface area (Å²) in [4.78, 5) is 36.4. The molecule has 7 heteroatoms. The molecule has 0 aromatic rings. The van der Waals surface area contributed by atoms with Gasteiger partial charge in [0.15, 0.2) is 0 Å². The van der Waals surface area contributed by atoms with Crippen molar-refractivity contribution in [2.75, 3.05) is 19.6 Å². The van der Waals surface area contributed by atoms with Crippen LogP contribution in [0.1, 0.15) is 39.5 Å². The summed E-state index contributed by atoms with van der Waals surface area (Å²) in [6, 6.07) is -1.56. The van der Waals surface area contributed by atoms with Gasteiger partial charge in [0.2, 0.25) is 5.91 Å². The summed E-state index contributed by atoms with van der Waals surface area (Å²) in [6.45, 7) is 4.98. The number of likely N-dealkylation sites (tertiary alicyclic amines) is 1. The number of carbonyl (C=O) groups excluding carboxylic acids is 2. The molecule has 0 saturated carbocycles. The van der Waals surface area contributed by atoms with E-state index in [-0.39, 0.29) is 18.4 Å². The summed E-state index contributed by atoms with van der Waals surface area (Å²) < 4.78 is 0. The molecule has 0 spiro atoms. The first-order valence-corrected chi connectivity index (χ1v) is 7.50. The minimum absolute atomic E-state index is 0.0985. The third-order valence-corrected chi connectivity index (χ3v) is 3.87. The zero-order valence-electron chi connectivity index (χ0n) is 12.7. The van der Waals surface area contributed by atoms with E-state index in [4.69, 9.17) is 5.11 Å². The highest BCUT2D eigenvalue weighted by Gasteiger charge is 2.25. The van der Waals surface area contributed by atoms with Gasteiger partial charge in [-0.1, -0.05) is 20.3 Å². The first-order chi connectivity index (χ1) is 9.95. The van der Waals surface area contributed by atoms with Gasteiger partial charge in [0, 0.05) is 13.1 Å². The van der Waals surface area contributed by atoms with Crippen LogP contribution >= 0.6 is 0 Å². The van der Waals surface area contributed by atoms with Crippen molar-refractivity contribution < 1.29 is 19.5 Å². The van der Waals surface area contributed by atoms with Crippen LogP contribution in [0.25, 0.3) is 0 Å². The maximum atomic E-state index is 11.9. The average molecular weight is 299 g/mol. The lowest BCUT2D eigenvalue weighted by atomic mass is 9.99. The van der Waals surface area contributed by atoms with Crippen LogP contribution in [0.3, 0.4) is 0 Å². The summed E-state index contributed by atoms with van der Waals surface area (Å²) in [5, 5.41) is 13.9. The number of nitrogens with one attached hydrogen (secondary N) is 2. The van der Waals surface area contributed by atoms with Crippen LogP contribution in [0.4, 0.5) is 4.79 Å². The first-order valence-electron chi connectivity index (χ1n) is 7.50. The fraction of sp³-hybridized carbons (Fsp3) is 0.786. The van der Waals surface area contributed by atoms with Crippen molar-refractivity contribution in [3.63, 3.8) is 0 Å². The molecule has 1 rings (SSSR count). The Bertz CT molecular complexity index is 380. The van der Waals surface area contributed by atoms with Crippen LogP contribution in [0.2, 0.25) is 0 Å². The molecule has 1 aliphatic rings. The van der Waals surface area contributed by atoms with E-state index in [0.29, 0.717) is 6.42 Å². The van der Waals surface area contributed by atoms with E-state index in [1.165, 1.54) is 0 Å². The lowest BCUT2D eigenvalue weighted by molar-refractivity contribution is -0.140. The summed E-state index contributed by atoms with van der Waals surface area (Å²) in [5.41, 5.74) is 0. The van der Waals surface area contributed by atoms with E-state index in [1.807, 2.05) is 6.92 Å². The number of urea groups is 1. The maximum Gasteiger partial charge on any atom is 0.326 e. The topological polar surface area (TPSA) is 98.7 Å². The average Bonchev–Trinajstić information content (AvgIpc) is 2.50. The van der Waals surface area contributed by atoms with E-state index in [9.17, 15) is 14.4 Å². The van der Waals surface area contributed by atoms with Gasteiger partial charge >= 0.3 is 12.0 Å². The third-order valence-electron chi connectivity index (χ3n) is 3.87. The molecule has 0 aromatic carbocycles. The lowest BCUT2D eigenvalue weighted by Crippen LogP contribution is -2.51. The van der Waals surface area contributed by atoms with Gasteiger partial charge in [-0.25, -0.2) is 9.59 Å². The number of carboxylic acid groups (broad SMARTS) is 1. The number of hydrogen-bond acceptors (Lipinski definition) is 3. The minimum atomic E-state index is -1.07. The SMILES string of the molecule is CC[C@H](C)[C@H](NC(=O)NCC(=O)N1CCCCC1)C(=O)O. The molecular formula is C14H25N3O4. The number of rotatable bonds is 6. The van der Waals surface area contributed by atoms with Gasteiger partial charge in [-0.3, -0.25) is 4.79 Å². The lowest BCUT2D eigenvalue weighted by Gasteiger charge is -2.27. The molecule has 3 amide bonds. The molecule has 1 heterocycles. The van der Waals surface area contributed by atoms with E-state index >= 15 is 0 Å². The molecule has 0 aliphatic carbocycles. The number of nitrogens with zero attached hydrogens (tertiary/aromatic N) is 1. The second-order valence-corrected chi connectivity index (χ2v) is 5.47. The van der Waals surface area contributed by atoms with Crippen LogP contribution in [0.15, 0.2) is 0 Å². The van der Waals surface area contributed by atoms with Gasteiger partial charge in [0.25, 0.3) is 0 Å². The molecule has 21 heavy (non-hydrogen) atoms. The summed E-state index contributed by atoms with van der Waals surface area (Å²) in [5.74, 6) is -1.37. The van der Waals surface area contributed by atoms with Gasteiger partial charge in [-0.15, -0.1) is 0 Å². The van der Waals surface area contributed by atoms with Crippen molar-refractivity contribution in [3.8, 4) is 0 Å². The standard InChI is InChI=1S/C14H25N3O4/c1-3-10(2)12(13(19)20)16-14(21)15-9-11(18)17-7-5-4-6-8-17/h10,12H,3-9H2,1-2H3,(H,19,20)(H2,15,16,21)/t10-,12-/m0/s1. The maximum absolute atomic E-state index is 11.9. The Balaban J connectivity index is 2.38. The summed E-state index contributed by atoms with van der Waals surface area (Å²) in [6.07, 6.45) is 3.76. The summed E-state index contributed by atoms with van der Waals surface area (Å²) >= 11 is 0. The number of carboxylic acids is 1. The Hall–Kier alpha value is -1.79. The number of carbonyl (C=O) groups is 3. The largest absolute Gasteiger partial charge is 0.480 e. The molecule has 0 bridgehead atoms. The Morgan fingerprint density at radius 3 is 2.33 bits per heavy atom. The Kier molecular flexibility index (Phi) is 6.98. The molecule has 0 radical (unpaired) electrons. The predicted molar refractivity (Wildman–Crippen MR) is 77.8 cm³/mol. The van der Waals surface area contributed by atoms with Crippen LogP contribution < -0.4 is 10.6 Å². The molecule has 7 nitrogen and oxygen atoms in total. The third kappa shape index (κ3) is 5.61. The van der Waals surface area contributed by atoms with Crippen molar-refractivity contribution in [2.45, 2.75) is 45.6 Å². The van der Waals surface area contributed by atoms with E-state index in [1.54, 1.807) is 11.8 Å². The van der Waals surface area contributed by atoms with Crippen molar-refractivity contribution in [1.29, 1.82) is 0 Å². The molecule has 2 atom stereocenters. The Morgan fingerprint density at radius 1 is 1.19 bits per heavy atom. The van der Waals surface area contributed by atoms with E-state index < -0.39 is 18.0 Å². The van der Waals surface area contributed by atoms with Gasteiger partial charge in [-0.05, 0) is 25.2 Å². The minimum Gasteiger partial charge on any atom is -0.480 e. The molecule has 1 saturated heterocycles. The quantitative estimate of drug-likeness (QED) is 0.675. The molecule has 0 aromatic heterocycles. The molecule has 1 fully saturated rings.